The average Bonchev–Trinajstić information content (AvgIpc) is 2.55. The van der Waals surface area contributed by atoms with Gasteiger partial charge in [0, 0.05) is 5.56 Å². The summed E-state index contributed by atoms with van der Waals surface area (Å²) in [7, 11) is 1.61. The maximum absolute atomic E-state index is 12.4. The van der Waals surface area contributed by atoms with Crippen molar-refractivity contribution in [1.29, 1.82) is 0 Å². The highest BCUT2D eigenvalue weighted by molar-refractivity contribution is 5.93. The topological polar surface area (TPSA) is 42.8 Å². The van der Waals surface area contributed by atoms with Gasteiger partial charge in [0.25, 0.3) is 5.91 Å². The summed E-state index contributed by atoms with van der Waals surface area (Å²) < 4.78 is 5.31. The lowest BCUT2D eigenvalue weighted by atomic mass is 10.2. The van der Waals surface area contributed by atoms with Crippen LogP contribution in [-0.4, -0.2) is 26.1 Å². The maximum Gasteiger partial charge on any atom is 0.279 e. The largest absolute Gasteiger partial charge is 0.495 e. The fourth-order valence-electron chi connectivity index (χ4n) is 2.54. The van der Waals surface area contributed by atoms with Gasteiger partial charge in [-0.1, -0.05) is 36.4 Å². The monoisotopic (exact) mass is 313 g/mol. The first-order valence-corrected chi connectivity index (χ1v) is 7.94. The zero-order valence-corrected chi connectivity index (χ0v) is 14.1. The van der Waals surface area contributed by atoms with Crippen LogP contribution in [0.25, 0.3) is 0 Å². The van der Waals surface area contributed by atoms with Crippen LogP contribution in [0.3, 0.4) is 0 Å². The highest BCUT2D eigenvalue weighted by atomic mass is 16.5. The zero-order valence-electron chi connectivity index (χ0n) is 14.1. The van der Waals surface area contributed by atoms with Gasteiger partial charge in [-0.2, -0.15) is 0 Å². The Kier molecular flexibility index (Phi) is 6.18. The molecule has 0 heterocycles. The predicted octanol–water partition coefficient (Wildman–Crippen LogP) is 2.05. The van der Waals surface area contributed by atoms with E-state index in [4.69, 9.17) is 4.74 Å². The Balaban J connectivity index is 1.99. The van der Waals surface area contributed by atoms with Crippen molar-refractivity contribution in [2.75, 3.05) is 25.5 Å². The smallest absolute Gasteiger partial charge is 0.279 e. The molecule has 1 unspecified atom stereocenters. The molecule has 4 nitrogen and oxygen atoms in total. The molecule has 2 aromatic carbocycles. The average molecular weight is 313 g/mol. The fraction of sp³-hybridized carbons (Fsp3) is 0.316. The number of amides is 1. The van der Waals surface area contributed by atoms with Crippen LogP contribution in [0, 0.1) is 6.92 Å². The van der Waals surface area contributed by atoms with E-state index in [-0.39, 0.29) is 5.91 Å². The van der Waals surface area contributed by atoms with Gasteiger partial charge >= 0.3 is 0 Å². The lowest BCUT2D eigenvalue weighted by Crippen LogP contribution is -3.11. The second-order valence-electron chi connectivity index (χ2n) is 5.69. The molecule has 122 valence electrons. The second-order valence-corrected chi connectivity index (χ2v) is 5.69. The Labute approximate surface area is 138 Å². The van der Waals surface area contributed by atoms with Gasteiger partial charge in [-0.3, -0.25) is 4.79 Å². The van der Waals surface area contributed by atoms with Crippen molar-refractivity contribution in [2.24, 2.45) is 0 Å². The summed E-state index contributed by atoms with van der Waals surface area (Å²) in [4.78, 5) is 13.6. The SMILES string of the molecule is CC[NH+](CC(=O)Nc1cc(C)ccc1OC)Cc1ccccc1. The summed E-state index contributed by atoms with van der Waals surface area (Å²) in [5, 5.41) is 2.97. The van der Waals surface area contributed by atoms with E-state index in [1.807, 2.05) is 43.3 Å². The van der Waals surface area contributed by atoms with Crippen LogP contribution in [0.15, 0.2) is 48.5 Å². The van der Waals surface area contributed by atoms with E-state index in [9.17, 15) is 4.79 Å². The third-order valence-electron chi connectivity index (χ3n) is 3.84. The minimum absolute atomic E-state index is 0.00156. The lowest BCUT2D eigenvalue weighted by molar-refractivity contribution is -0.903. The van der Waals surface area contributed by atoms with Crippen LogP contribution < -0.4 is 15.0 Å². The number of ether oxygens (including phenoxy) is 1. The number of quaternary nitrogens is 1. The lowest BCUT2D eigenvalue weighted by Gasteiger charge is -2.18. The molecule has 1 atom stereocenters. The van der Waals surface area contributed by atoms with E-state index in [0.717, 1.165) is 24.3 Å². The van der Waals surface area contributed by atoms with Crippen molar-refractivity contribution in [1.82, 2.24) is 0 Å². The third kappa shape index (κ3) is 5.11. The van der Waals surface area contributed by atoms with Crippen molar-refractivity contribution in [3.63, 3.8) is 0 Å². The summed E-state index contributed by atoms with van der Waals surface area (Å²) in [5.41, 5.74) is 3.06. The van der Waals surface area contributed by atoms with Crippen LogP contribution in [0.4, 0.5) is 5.69 Å². The Morgan fingerprint density at radius 1 is 1.17 bits per heavy atom. The summed E-state index contributed by atoms with van der Waals surface area (Å²) in [6.45, 7) is 6.26. The number of hydrogen-bond acceptors (Lipinski definition) is 2. The van der Waals surface area contributed by atoms with Crippen molar-refractivity contribution in [3.05, 3.63) is 59.7 Å². The van der Waals surface area contributed by atoms with Gasteiger partial charge in [-0.15, -0.1) is 0 Å². The van der Waals surface area contributed by atoms with Gasteiger partial charge in [-0.25, -0.2) is 0 Å². The number of rotatable bonds is 7. The molecule has 0 bridgehead atoms. The molecule has 2 N–H and O–H groups in total. The van der Waals surface area contributed by atoms with Gasteiger partial charge < -0.3 is 15.0 Å². The fourth-order valence-corrected chi connectivity index (χ4v) is 2.54. The molecule has 0 fully saturated rings. The Hall–Kier alpha value is -2.33. The molecule has 1 amide bonds. The second kappa shape index (κ2) is 8.34. The van der Waals surface area contributed by atoms with Crippen LogP contribution in [0.1, 0.15) is 18.1 Å². The molecule has 23 heavy (non-hydrogen) atoms. The maximum atomic E-state index is 12.4. The molecule has 0 saturated heterocycles. The minimum atomic E-state index is 0.00156. The zero-order chi connectivity index (χ0) is 16.7. The van der Waals surface area contributed by atoms with E-state index < -0.39 is 0 Å². The highest BCUT2D eigenvalue weighted by Crippen LogP contribution is 2.24. The molecule has 0 aromatic heterocycles. The highest BCUT2D eigenvalue weighted by Gasteiger charge is 2.15. The van der Waals surface area contributed by atoms with Crippen molar-refractivity contribution in [2.45, 2.75) is 20.4 Å². The van der Waals surface area contributed by atoms with Crippen LogP contribution >= 0.6 is 0 Å². The van der Waals surface area contributed by atoms with Gasteiger partial charge in [-0.05, 0) is 31.5 Å². The van der Waals surface area contributed by atoms with Crippen molar-refractivity contribution in [3.8, 4) is 5.75 Å². The van der Waals surface area contributed by atoms with E-state index in [0.29, 0.717) is 12.3 Å². The number of aryl methyl sites for hydroxylation is 1. The van der Waals surface area contributed by atoms with Crippen LogP contribution in [0.5, 0.6) is 5.75 Å². The predicted molar refractivity (Wildman–Crippen MR) is 92.9 cm³/mol. The van der Waals surface area contributed by atoms with Crippen LogP contribution in [-0.2, 0) is 11.3 Å². The Morgan fingerprint density at radius 3 is 2.57 bits per heavy atom. The number of benzene rings is 2. The van der Waals surface area contributed by atoms with E-state index in [2.05, 4.69) is 24.4 Å². The number of anilines is 1. The molecular weight excluding hydrogens is 288 g/mol. The van der Waals surface area contributed by atoms with Crippen LogP contribution in [0.2, 0.25) is 0 Å². The molecule has 0 aliphatic heterocycles. The molecule has 0 saturated carbocycles. The van der Waals surface area contributed by atoms with E-state index in [1.54, 1.807) is 7.11 Å². The molecule has 0 aliphatic carbocycles. The Morgan fingerprint density at radius 2 is 1.91 bits per heavy atom. The van der Waals surface area contributed by atoms with E-state index in [1.165, 1.54) is 10.5 Å². The number of likely N-dealkylation sites (N-methyl/N-ethyl adjacent to an activating group) is 1. The molecule has 0 radical (unpaired) electrons. The third-order valence-corrected chi connectivity index (χ3v) is 3.84. The Bertz CT molecular complexity index is 641. The first-order chi connectivity index (χ1) is 11.1. The van der Waals surface area contributed by atoms with Gasteiger partial charge in [0.2, 0.25) is 0 Å². The summed E-state index contributed by atoms with van der Waals surface area (Å²) in [5.74, 6) is 0.687. The normalized spacial score (nSPS) is 11.8. The van der Waals surface area contributed by atoms with Crippen molar-refractivity contribution < 1.29 is 14.4 Å². The van der Waals surface area contributed by atoms with Gasteiger partial charge in [0.1, 0.15) is 12.3 Å². The van der Waals surface area contributed by atoms with Gasteiger partial charge in [0.05, 0.1) is 19.3 Å². The number of carbonyl (C=O) groups is 1. The summed E-state index contributed by atoms with van der Waals surface area (Å²) >= 11 is 0. The summed E-state index contributed by atoms with van der Waals surface area (Å²) in [6.07, 6.45) is 0. The standard InChI is InChI=1S/C19H24N2O2/c1-4-21(13-16-8-6-5-7-9-16)14-19(22)20-17-12-15(2)10-11-18(17)23-3/h5-12H,4,13-14H2,1-3H3,(H,20,22)/p+1. The van der Waals surface area contributed by atoms with Gasteiger partial charge in [0.15, 0.2) is 6.54 Å². The number of carbonyl (C=O) groups excluding carboxylic acids is 1. The van der Waals surface area contributed by atoms with E-state index >= 15 is 0 Å². The number of nitrogens with one attached hydrogen (secondary N) is 2. The first-order valence-electron chi connectivity index (χ1n) is 7.94. The molecular formula is C19H25N2O2+. The first kappa shape index (κ1) is 17.0. The molecule has 4 heteroatoms. The molecule has 2 rings (SSSR count). The number of methoxy groups -OCH3 is 1. The quantitative estimate of drug-likeness (QED) is 0.821. The molecule has 0 aliphatic rings. The molecule has 2 aromatic rings. The number of hydrogen-bond donors (Lipinski definition) is 2. The molecule has 0 spiro atoms. The minimum Gasteiger partial charge on any atom is -0.495 e. The summed E-state index contributed by atoms with van der Waals surface area (Å²) in [6, 6.07) is 16.0. The van der Waals surface area contributed by atoms with Crippen molar-refractivity contribution >= 4 is 11.6 Å².